The van der Waals surface area contributed by atoms with Crippen LogP contribution in [0, 0.1) is 0 Å². The van der Waals surface area contributed by atoms with Gasteiger partial charge < -0.3 is 4.90 Å². The standard InChI is InChI=1S/C61H51N/c1-59(2)37-38-60(3,4)58-51(28-18-30-55(58)59)53-40-52-50-27-16-17-29-54(50)61(46-23-10-6-11-24-46,47-25-12-7-13-26-47)56(52)41-57(53)62(49-36-33-43-21-14-15-22-45(43)39-49)48-34-31-44(32-35-48)42-19-8-5-9-20-42/h5-36,39-41H,37-38H2,1-4H3. The molecular formula is C61H51N. The number of anilines is 3. The van der Waals surface area contributed by atoms with Gasteiger partial charge in [0.1, 0.15) is 0 Å². The van der Waals surface area contributed by atoms with Crippen molar-refractivity contribution < 1.29 is 0 Å². The van der Waals surface area contributed by atoms with Gasteiger partial charge in [0.15, 0.2) is 0 Å². The lowest BCUT2D eigenvalue weighted by molar-refractivity contribution is 0.333. The second kappa shape index (κ2) is 14.6. The Morgan fingerprint density at radius 3 is 1.61 bits per heavy atom. The summed E-state index contributed by atoms with van der Waals surface area (Å²) >= 11 is 0. The van der Waals surface area contributed by atoms with E-state index < -0.39 is 5.41 Å². The number of nitrogens with zero attached hydrogens (tertiary/aromatic N) is 1. The molecule has 0 amide bonds. The molecule has 0 fully saturated rings. The summed E-state index contributed by atoms with van der Waals surface area (Å²) in [6.07, 6.45) is 2.29. The van der Waals surface area contributed by atoms with E-state index >= 15 is 0 Å². The quantitative estimate of drug-likeness (QED) is 0.155. The molecule has 1 nitrogen and oxygen atoms in total. The fraction of sp³-hybridized carbons (Fsp3) is 0.148. The van der Waals surface area contributed by atoms with Crippen LogP contribution in [0.4, 0.5) is 17.1 Å². The molecule has 62 heavy (non-hydrogen) atoms. The van der Waals surface area contributed by atoms with Crippen molar-refractivity contribution in [1.82, 2.24) is 0 Å². The zero-order valence-electron chi connectivity index (χ0n) is 36.1. The van der Waals surface area contributed by atoms with Crippen LogP contribution in [0.1, 0.15) is 73.9 Å². The zero-order chi connectivity index (χ0) is 42.1. The van der Waals surface area contributed by atoms with Crippen LogP contribution >= 0.6 is 0 Å². The smallest absolute Gasteiger partial charge is 0.0714 e. The van der Waals surface area contributed by atoms with Crippen molar-refractivity contribution in [3.63, 3.8) is 0 Å². The summed E-state index contributed by atoms with van der Waals surface area (Å²) in [7, 11) is 0. The Kier molecular flexibility index (Phi) is 8.95. The molecule has 0 atom stereocenters. The lowest BCUT2D eigenvalue weighted by Gasteiger charge is -2.43. The van der Waals surface area contributed by atoms with Crippen LogP contribution in [0.5, 0.6) is 0 Å². The summed E-state index contributed by atoms with van der Waals surface area (Å²) in [6, 6.07) is 79.5. The number of rotatable bonds is 7. The van der Waals surface area contributed by atoms with E-state index in [9.17, 15) is 0 Å². The van der Waals surface area contributed by atoms with Gasteiger partial charge in [-0.15, -0.1) is 0 Å². The topological polar surface area (TPSA) is 3.24 Å². The van der Waals surface area contributed by atoms with E-state index in [0.29, 0.717) is 0 Å². The van der Waals surface area contributed by atoms with Crippen molar-refractivity contribution >= 4 is 27.8 Å². The van der Waals surface area contributed by atoms with Crippen LogP contribution in [0.3, 0.4) is 0 Å². The summed E-state index contributed by atoms with van der Waals surface area (Å²) in [6.45, 7) is 9.81. The van der Waals surface area contributed by atoms with Gasteiger partial charge in [-0.25, -0.2) is 0 Å². The second-order valence-electron chi connectivity index (χ2n) is 18.7. The molecule has 0 heterocycles. The molecule has 0 aromatic heterocycles. The Morgan fingerprint density at radius 1 is 0.355 bits per heavy atom. The summed E-state index contributed by atoms with van der Waals surface area (Å²) in [5.41, 5.74) is 18.5. The highest BCUT2D eigenvalue weighted by atomic mass is 15.1. The van der Waals surface area contributed by atoms with E-state index in [1.165, 1.54) is 83.2 Å². The molecule has 2 aliphatic rings. The predicted molar refractivity (Wildman–Crippen MR) is 262 cm³/mol. The largest absolute Gasteiger partial charge is 0.310 e. The van der Waals surface area contributed by atoms with Gasteiger partial charge in [0.2, 0.25) is 0 Å². The lowest BCUT2D eigenvalue weighted by Crippen LogP contribution is -2.34. The number of hydrogen-bond acceptors (Lipinski definition) is 1. The minimum atomic E-state index is -0.550. The third-order valence-corrected chi connectivity index (χ3v) is 14.2. The molecule has 2 aliphatic carbocycles. The van der Waals surface area contributed by atoms with E-state index in [-0.39, 0.29) is 10.8 Å². The first-order chi connectivity index (χ1) is 30.2. The van der Waals surface area contributed by atoms with Crippen molar-refractivity contribution in [3.05, 3.63) is 246 Å². The van der Waals surface area contributed by atoms with Crippen LogP contribution in [0.2, 0.25) is 0 Å². The molecule has 1 heteroatoms. The van der Waals surface area contributed by atoms with Crippen LogP contribution in [-0.4, -0.2) is 0 Å². The Morgan fingerprint density at radius 2 is 0.903 bits per heavy atom. The van der Waals surface area contributed by atoms with Gasteiger partial charge in [-0.2, -0.15) is 0 Å². The van der Waals surface area contributed by atoms with Gasteiger partial charge in [0.05, 0.1) is 11.1 Å². The highest BCUT2D eigenvalue weighted by molar-refractivity contribution is 5.99. The molecule has 300 valence electrons. The first-order valence-electron chi connectivity index (χ1n) is 22.2. The Labute approximate surface area is 367 Å². The van der Waals surface area contributed by atoms with Crippen LogP contribution in [0.15, 0.2) is 212 Å². The monoisotopic (exact) mass is 797 g/mol. The molecule has 0 saturated heterocycles. The molecular weight excluding hydrogens is 747 g/mol. The van der Waals surface area contributed by atoms with Crippen molar-refractivity contribution in [2.24, 2.45) is 0 Å². The first-order valence-corrected chi connectivity index (χ1v) is 22.2. The third kappa shape index (κ3) is 5.98. The molecule has 9 aromatic carbocycles. The van der Waals surface area contributed by atoms with Crippen molar-refractivity contribution in [2.45, 2.75) is 56.8 Å². The number of fused-ring (bicyclic) bond motifs is 5. The average Bonchev–Trinajstić information content (AvgIpc) is 3.61. The van der Waals surface area contributed by atoms with Gasteiger partial charge in [-0.3, -0.25) is 0 Å². The van der Waals surface area contributed by atoms with Crippen LogP contribution in [-0.2, 0) is 16.2 Å². The van der Waals surface area contributed by atoms with Crippen molar-refractivity contribution in [1.29, 1.82) is 0 Å². The normalized spacial score (nSPS) is 15.4. The van der Waals surface area contributed by atoms with Gasteiger partial charge in [0.25, 0.3) is 0 Å². The minimum absolute atomic E-state index is 0.0153. The summed E-state index contributed by atoms with van der Waals surface area (Å²) in [5.74, 6) is 0. The van der Waals surface area contributed by atoms with E-state index in [1.807, 2.05) is 0 Å². The van der Waals surface area contributed by atoms with Crippen LogP contribution in [0.25, 0.3) is 44.2 Å². The van der Waals surface area contributed by atoms with E-state index in [4.69, 9.17) is 0 Å². The zero-order valence-corrected chi connectivity index (χ0v) is 36.1. The maximum Gasteiger partial charge on any atom is 0.0714 e. The van der Waals surface area contributed by atoms with Gasteiger partial charge in [-0.05, 0) is 132 Å². The molecule has 0 saturated carbocycles. The molecule has 0 spiro atoms. The predicted octanol–water partition coefficient (Wildman–Crippen LogP) is 16.4. The Bertz CT molecular complexity index is 3060. The maximum atomic E-state index is 2.57. The fourth-order valence-corrected chi connectivity index (χ4v) is 11.0. The third-order valence-electron chi connectivity index (χ3n) is 14.2. The van der Waals surface area contributed by atoms with Crippen LogP contribution < -0.4 is 4.90 Å². The molecule has 9 aromatic rings. The van der Waals surface area contributed by atoms with E-state index in [0.717, 1.165) is 24.2 Å². The molecule has 0 radical (unpaired) electrons. The second-order valence-corrected chi connectivity index (χ2v) is 18.7. The highest BCUT2D eigenvalue weighted by Crippen LogP contribution is 2.60. The van der Waals surface area contributed by atoms with Crippen molar-refractivity contribution in [3.8, 4) is 33.4 Å². The minimum Gasteiger partial charge on any atom is -0.310 e. The van der Waals surface area contributed by atoms with Gasteiger partial charge in [0, 0.05) is 16.9 Å². The summed E-state index contributed by atoms with van der Waals surface area (Å²) in [4.78, 5) is 2.54. The first kappa shape index (κ1) is 38.0. The van der Waals surface area contributed by atoms with Gasteiger partial charge in [-0.1, -0.05) is 204 Å². The summed E-state index contributed by atoms with van der Waals surface area (Å²) < 4.78 is 0. The Balaban J connectivity index is 1.28. The SMILES string of the molecule is CC1(C)CCC(C)(C)c2c(-c3cc4c(cc3N(c3ccc(-c5ccccc5)cc3)c3ccc5ccccc5c3)C(c3ccccc3)(c3ccccc3)c3ccccc3-4)cccc21. The molecule has 0 bridgehead atoms. The Hall–Kier alpha value is -6.96. The van der Waals surface area contributed by atoms with Crippen molar-refractivity contribution in [2.75, 3.05) is 4.90 Å². The van der Waals surface area contributed by atoms with Gasteiger partial charge >= 0.3 is 0 Å². The number of benzene rings is 9. The molecule has 0 N–H and O–H groups in total. The lowest BCUT2D eigenvalue weighted by atomic mass is 9.61. The molecule has 0 unspecified atom stereocenters. The molecule has 0 aliphatic heterocycles. The van der Waals surface area contributed by atoms with E-state index in [1.54, 1.807) is 0 Å². The maximum absolute atomic E-state index is 2.57. The summed E-state index contributed by atoms with van der Waals surface area (Å²) in [5, 5.41) is 2.45. The average molecular weight is 798 g/mol. The molecule has 11 rings (SSSR count). The fourth-order valence-electron chi connectivity index (χ4n) is 11.0. The van der Waals surface area contributed by atoms with E-state index in [2.05, 4.69) is 245 Å². The highest BCUT2D eigenvalue weighted by Gasteiger charge is 2.47. The number of hydrogen-bond donors (Lipinski definition) is 0.